The highest BCUT2D eigenvalue weighted by Gasteiger charge is 2.27. The molecule has 0 rings (SSSR count). The van der Waals surface area contributed by atoms with Crippen LogP contribution in [0.5, 0.6) is 0 Å². The molecule has 0 radical (unpaired) electrons. The van der Waals surface area contributed by atoms with Gasteiger partial charge in [-0.25, -0.2) is 4.57 Å². The fraction of sp³-hybridized carbons (Fsp3) is 0.976. The molecule has 0 fully saturated rings. The van der Waals surface area contributed by atoms with Crippen LogP contribution in [0.1, 0.15) is 226 Å². The molecule has 50 heavy (non-hydrogen) atoms. The SMILES string of the molecule is CCCCCCCCCCCCCCCCCCCCCCC(=O)N[C@@H](COP(=O)(O)OCCN)[C@H](O)CCCCCCCCCCCCC. The van der Waals surface area contributed by atoms with Gasteiger partial charge >= 0.3 is 7.82 Å². The number of phosphoric acid groups is 1. The second kappa shape index (κ2) is 38.2. The van der Waals surface area contributed by atoms with Crippen LogP contribution in [-0.4, -0.2) is 47.8 Å². The van der Waals surface area contributed by atoms with Gasteiger partial charge in [0.05, 0.1) is 25.4 Å². The monoisotopic (exact) mass is 733 g/mol. The van der Waals surface area contributed by atoms with Gasteiger partial charge < -0.3 is 21.1 Å². The predicted octanol–water partition coefficient (Wildman–Crippen LogP) is 11.8. The van der Waals surface area contributed by atoms with Gasteiger partial charge in [-0.3, -0.25) is 13.8 Å². The topological polar surface area (TPSA) is 131 Å². The number of unbranched alkanes of at least 4 members (excludes halogenated alkanes) is 29. The van der Waals surface area contributed by atoms with Crippen molar-refractivity contribution < 1.29 is 28.4 Å². The molecule has 0 aliphatic carbocycles. The van der Waals surface area contributed by atoms with Crippen molar-refractivity contribution in [1.82, 2.24) is 5.32 Å². The lowest BCUT2D eigenvalue weighted by Crippen LogP contribution is -2.46. The third-order valence-electron chi connectivity index (χ3n) is 9.96. The van der Waals surface area contributed by atoms with E-state index in [1.165, 1.54) is 161 Å². The molecule has 0 aliphatic rings. The Morgan fingerprint density at radius 2 is 0.920 bits per heavy atom. The van der Waals surface area contributed by atoms with Gasteiger partial charge in [0.1, 0.15) is 0 Å². The lowest BCUT2D eigenvalue weighted by Gasteiger charge is -2.25. The minimum atomic E-state index is -4.30. The lowest BCUT2D eigenvalue weighted by atomic mass is 10.0. The van der Waals surface area contributed by atoms with Crippen molar-refractivity contribution in [2.75, 3.05) is 19.8 Å². The standard InChI is InChI=1S/C41H85N2O6P/c1-3-5-7-9-11-13-15-16-17-18-19-20-21-22-23-25-27-29-31-33-35-41(45)43-39(38-49-50(46,47)48-37-36-42)40(44)34-32-30-28-26-24-14-12-10-8-6-4-2/h39-40,44H,3-38,42H2,1-2H3,(H,43,45)(H,46,47)/t39-,40+/m0/s1. The van der Waals surface area contributed by atoms with Crippen molar-refractivity contribution in [3.63, 3.8) is 0 Å². The smallest absolute Gasteiger partial charge is 0.391 e. The Labute approximate surface area is 310 Å². The van der Waals surface area contributed by atoms with Crippen LogP contribution >= 0.6 is 7.82 Å². The zero-order valence-electron chi connectivity index (χ0n) is 33.2. The van der Waals surface area contributed by atoms with Crippen LogP contribution in [-0.2, 0) is 18.4 Å². The highest BCUT2D eigenvalue weighted by Crippen LogP contribution is 2.43. The average Bonchev–Trinajstić information content (AvgIpc) is 3.10. The van der Waals surface area contributed by atoms with Gasteiger partial charge in [0.25, 0.3) is 0 Å². The molecule has 0 heterocycles. The van der Waals surface area contributed by atoms with Crippen LogP contribution in [0.4, 0.5) is 0 Å². The maximum Gasteiger partial charge on any atom is 0.472 e. The molecule has 0 aromatic carbocycles. The summed E-state index contributed by atoms with van der Waals surface area (Å²) in [6.07, 6.45) is 39.7. The van der Waals surface area contributed by atoms with Gasteiger partial charge in [-0.2, -0.15) is 0 Å². The largest absolute Gasteiger partial charge is 0.472 e. The number of carbonyl (C=O) groups is 1. The van der Waals surface area contributed by atoms with E-state index in [9.17, 15) is 19.4 Å². The van der Waals surface area contributed by atoms with Gasteiger partial charge in [0.15, 0.2) is 0 Å². The minimum absolute atomic E-state index is 0.0923. The Kier molecular flexibility index (Phi) is 37.8. The van der Waals surface area contributed by atoms with Gasteiger partial charge in [-0.15, -0.1) is 0 Å². The normalized spacial score (nSPS) is 14.1. The van der Waals surface area contributed by atoms with Crippen LogP contribution in [0.2, 0.25) is 0 Å². The van der Waals surface area contributed by atoms with E-state index in [0.29, 0.717) is 12.8 Å². The van der Waals surface area contributed by atoms with E-state index in [0.717, 1.165) is 38.5 Å². The molecule has 9 heteroatoms. The van der Waals surface area contributed by atoms with Crippen molar-refractivity contribution in [2.45, 2.75) is 238 Å². The Balaban J connectivity index is 4.04. The van der Waals surface area contributed by atoms with E-state index in [2.05, 4.69) is 19.2 Å². The van der Waals surface area contributed by atoms with E-state index < -0.39 is 20.0 Å². The molecule has 0 bridgehead atoms. The predicted molar refractivity (Wildman–Crippen MR) is 212 cm³/mol. The van der Waals surface area contributed by atoms with Gasteiger partial charge in [0, 0.05) is 13.0 Å². The van der Waals surface area contributed by atoms with Crippen LogP contribution in [0.25, 0.3) is 0 Å². The Morgan fingerprint density at radius 3 is 1.28 bits per heavy atom. The average molecular weight is 733 g/mol. The zero-order chi connectivity index (χ0) is 36.8. The first-order chi connectivity index (χ1) is 24.4. The second-order valence-electron chi connectivity index (χ2n) is 14.9. The molecule has 300 valence electrons. The molecule has 0 aromatic rings. The number of amides is 1. The van der Waals surface area contributed by atoms with Crippen LogP contribution in [0.3, 0.4) is 0 Å². The third-order valence-corrected chi connectivity index (χ3v) is 10.9. The number of nitrogens with two attached hydrogens (primary N) is 1. The summed E-state index contributed by atoms with van der Waals surface area (Å²) in [5.41, 5.74) is 5.37. The number of carbonyl (C=O) groups excluding carboxylic acids is 1. The summed E-state index contributed by atoms with van der Waals surface area (Å²) < 4.78 is 22.1. The van der Waals surface area contributed by atoms with Gasteiger partial charge in [0.2, 0.25) is 5.91 Å². The van der Waals surface area contributed by atoms with Gasteiger partial charge in [-0.1, -0.05) is 206 Å². The molecule has 0 saturated heterocycles. The molecule has 8 nitrogen and oxygen atoms in total. The van der Waals surface area contributed by atoms with Crippen LogP contribution < -0.4 is 11.1 Å². The van der Waals surface area contributed by atoms with Crippen LogP contribution in [0.15, 0.2) is 0 Å². The molecule has 0 aromatic heterocycles. The lowest BCUT2D eigenvalue weighted by molar-refractivity contribution is -0.123. The van der Waals surface area contributed by atoms with Crippen molar-refractivity contribution in [3.8, 4) is 0 Å². The van der Waals surface area contributed by atoms with Crippen molar-refractivity contribution in [2.24, 2.45) is 5.73 Å². The summed E-state index contributed by atoms with van der Waals surface area (Å²) in [6.45, 7) is 4.22. The van der Waals surface area contributed by atoms with E-state index in [1.807, 2.05) is 0 Å². The van der Waals surface area contributed by atoms with Crippen molar-refractivity contribution in [1.29, 1.82) is 0 Å². The summed E-state index contributed by atoms with van der Waals surface area (Å²) in [5.74, 6) is -0.158. The summed E-state index contributed by atoms with van der Waals surface area (Å²) in [7, 11) is -4.30. The molecular weight excluding hydrogens is 647 g/mol. The first-order valence-electron chi connectivity index (χ1n) is 21.7. The number of phosphoric ester groups is 1. The number of hydrogen-bond donors (Lipinski definition) is 4. The summed E-state index contributed by atoms with van der Waals surface area (Å²) in [6, 6.07) is -0.766. The zero-order valence-corrected chi connectivity index (χ0v) is 34.1. The molecular formula is C41H85N2O6P. The van der Waals surface area contributed by atoms with E-state index >= 15 is 0 Å². The molecule has 3 atom stereocenters. The van der Waals surface area contributed by atoms with Crippen molar-refractivity contribution in [3.05, 3.63) is 0 Å². The summed E-state index contributed by atoms with van der Waals surface area (Å²) in [5, 5.41) is 13.8. The highest BCUT2D eigenvalue weighted by molar-refractivity contribution is 7.47. The number of nitrogens with one attached hydrogen (secondary N) is 1. The van der Waals surface area contributed by atoms with Gasteiger partial charge in [-0.05, 0) is 12.8 Å². The van der Waals surface area contributed by atoms with E-state index in [-0.39, 0.29) is 25.7 Å². The molecule has 0 aliphatic heterocycles. The number of aliphatic hydroxyl groups is 1. The molecule has 1 amide bonds. The van der Waals surface area contributed by atoms with E-state index in [1.54, 1.807) is 0 Å². The highest BCUT2D eigenvalue weighted by atomic mass is 31.2. The number of rotatable bonds is 41. The molecule has 0 saturated carbocycles. The maximum absolute atomic E-state index is 12.7. The number of hydrogen-bond acceptors (Lipinski definition) is 6. The Morgan fingerprint density at radius 1 is 0.580 bits per heavy atom. The maximum atomic E-state index is 12.7. The number of aliphatic hydroxyl groups excluding tert-OH is 1. The van der Waals surface area contributed by atoms with Crippen LogP contribution in [0, 0.1) is 0 Å². The fourth-order valence-electron chi connectivity index (χ4n) is 6.67. The quantitative estimate of drug-likeness (QED) is 0.0363. The summed E-state index contributed by atoms with van der Waals surface area (Å²) in [4.78, 5) is 22.7. The fourth-order valence-corrected chi connectivity index (χ4v) is 7.43. The Hall–Kier alpha value is -0.500. The first kappa shape index (κ1) is 49.5. The minimum Gasteiger partial charge on any atom is -0.391 e. The summed E-state index contributed by atoms with van der Waals surface area (Å²) >= 11 is 0. The Bertz CT molecular complexity index is 759. The first-order valence-corrected chi connectivity index (χ1v) is 23.1. The van der Waals surface area contributed by atoms with E-state index in [4.69, 9.17) is 14.8 Å². The second-order valence-corrected chi connectivity index (χ2v) is 16.4. The van der Waals surface area contributed by atoms with Crippen molar-refractivity contribution >= 4 is 13.7 Å². The molecule has 5 N–H and O–H groups in total. The third kappa shape index (κ3) is 35.9. The molecule has 1 unspecified atom stereocenters. The molecule has 0 spiro atoms.